The minimum Gasteiger partial charge on any atom is -0.497 e. The van der Waals surface area contributed by atoms with Crippen LogP contribution in [0.5, 0.6) is 11.5 Å². The van der Waals surface area contributed by atoms with Gasteiger partial charge < -0.3 is 24.8 Å². The van der Waals surface area contributed by atoms with Gasteiger partial charge in [-0.3, -0.25) is 4.79 Å². The molecule has 2 aromatic carbocycles. The fourth-order valence-electron chi connectivity index (χ4n) is 3.95. The zero-order chi connectivity index (χ0) is 21.3. The number of anilines is 2. The van der Waals surface area contributed by atoms with Crippen molar-refractivity contribution < 1.29 is 28.2 Å². The molecule has 0 aliphatic carbocycles. The molecule has 2 aliphatic heterocycles. The molecule has 2 aromatic rings. The van der Waals surface area contributed by atoms with E-state index in [1.54, 1.807) is 12.1 Å². The Kier molecular flexibility index (Phi) is 5.51. The van der Waals surface area contributed by atoms with Crippen LogP contribution >= 0.6 is 0 Å². The summed E-state index contributed by atoms with van der Waals surface area (Å²) in [6.45, 7) is 0.985. The van der Waals surface area contributed by atoms with Crippen LogP contribution in [0.2, 0.25) is 0 Å². The molecule has 8 heteroatoms. The first-order valence-electron chi connectivity index (χ1n) is 9.93. The summed E-state index contributed by atoms with van der Waals surface area (Å²) in [5.74, 6) is -0.175. The number of rotatable bonds is 5. The van der Waals surface area contributed by atoms with E-state index in [1.165, 1.54) is 25.3 Å². The lowest BCUT2D eigenvalue weighted by atomic mass is 9.92. The molecule has 0 saturated carbocycles. The Balaban J connectivity index is 1.40. The lowest BCUT2D eigenvalue weighted by Crippen LogP contribution is -2.48. The summed E-state index contributed by atoms with van der Waals surface area (Å²) in [4.78, 5) is 13.4. The normalized spacial score (nSPS) is 17.9. The summed E-state index contributed by atoms with van der Waals surface area (Å²) in [7, 11) is 1.49. The number of methoxy groups -OCH3 is 1. The van der Waals surface area contributed by atoms with Crippen molar-refractivity contribution in [2.24, 2.45) is 0 Å². The van der Waals surface area contributed by atoms with E-state index in [1.807, 2.05) is 4.90 Å². The summed E-state index contributed by atoms with van der Waals surface area (Å²) in [5, 5.41) is 13.5. The van der Waals surface area contributed by atoms with Crippen LogP contribution in [-0.4, -0.2) is 43.4 Å². The number of piperidine rings is 1. The second-order valence-corrected chi connectivity index (χ2v) is 7.76. The molecule has 2 aliphatic rings. The molecule has 0 bridgehead atoms. The van der Waals surface area contributed by atoms with Crippen LogP contribution in [0.3, 0.4) is 0 Å². The van der Waals surface area contributed by atoms with Crippen molar-refractivity contribution in [3.63, 3.8) is 0 Å². The van der Waals surface area contributed by atoms with Crippen LogP contribution < -0.4 is 19.7 Å². The van der Waals surface area contributed by atoms with Gasteiger partial charge in [0.05, 0.1) is 18.5 Å². The molecule has 1 amide bonds. The number of hydrogen-bond donors (Lipinski definition) is 2. The average Bonchev–Trinajstić information content (AvgIpc) is 2.74. The quantitative estimate of drug-likeness (QED) is 0.780. The van der Waals surface area contributed by atoms with Gasteiger partial charge in [0, 0.05) is 31.1 Å². The van der Waals surface area contributed by atoms with Crippen LogP contribution in [0.15, 0.2) is 30.3 Å². The second-order valence-electron chi connectivity index (χ2n) is 7.76. The predicted molar refractivity (Wildman–Crippen MR) is 108 cm³/mol. The van der Waals surface area contributed by atoms with Crippen molar-refractivity contribution in [3.05, 3.63) is 47.5 Å². The Hall–Kier alpha value is -2.87. The van der Waals surface area contributed by atoms with Gasteiger partial charge in [0.1, 0.15) is 35.3 Å². The number of nitrogens with zero attached hydrogens (tertiary/aromatic N) is 1. The lowest BCUT2D eigenvalue weighted by Gasteiger charge is -2.39. The molecule has 0 aromatic heterocycles. The topological polar surface area (TPSA) is 71.0 Å². The molecular weight excluding hydrogens is 394 g/mol. The van der Waals surface area contributed by atoms with Crippen molar-refractivity contribution in [2.45, 2.75) is 31.3 Å². The van der Waals surface area contributed by atoms with E-state index < -0.39 is 11.4 Å². The highest BCUT2D eigenvalue weighted by Crippen LogP contribution is 2.35. The van der Waals surface area contributed by atoms with E-state index in [0.717, 1.165) is 0 Å². The predicted octanol–water partition coefficient (Wildman–Crippen LogP) is 3.27. The van der Waals surface area contributed by atoms with Gasteiger partial charge in [0.2, 0.25) is 5.91 Å². The van der Waals surface area contributed by atoms with E-state index in [2.05, 4.69) is 5.32 Å². The summed E-state index contributed by atoms with van der Waals surface area (Å²) in [6, 6.07) is 7.50. The van der Waals surface area contributed by atoms with E-state index >= 15 is 0 Å². The molecule has 1 saturated heterocycles. The number of carbonyl (C=O) groups is 1. The van der Waals surface area contributed by atoms with Gasteiger partial charge in [-0.1, -0.05) is 0 Å². The smallest absolute Gasteiger partial charge is 0.224 e. The molecule has 0 spiro atoms. The summed E-state index contributed by atoms with van der Waals surface area (Å²) >= 11 is 0. The van der Waals surface area contributed by atoms with Crippen molar-refractivity contribution in [3.8, 4) is 11.5 Å². The minimum absolute atomic E-state index is 0.0396. The number of ether oxygens (including phenoxy) is 2. The number of aliphatic hydroxyl groups is 1. The molecule has 160 valence electrons. The van der Waals surface area contributed by atoms with Crippen LogP contribution in [-0.2, 0) is 11.2 Å². The summed E-state index contributed by atoms with van der Waals surface area (Å²) in [6.07, 6.45) is 1.45. The lowest BCUT2D eigenvalue weighted by molar-refractivity contribution is -0.116. The number of nitrogens with one attached hydrogen (secondary N) is 1. The zero-order valence-electron chi connectivity index (χ0n) is 16.7. The standard InChI is InChI=1S/C22H24F2N2O4/c1-29-14-2-5-18(17(24)12-14)26-10-8-22(28,9-11-26)13-30-19-6-4-16(23)21-15(19)3-7-20(27)25-21/h2,4-6,12,28H,3,7-11,13H2,1H3,(H,25,27). The highest BCUT2D eigenvalue weighted by molar-refractivity contribution is 5.94. The van der Waals surface area contributed by atoms with Crippen molar-refractivity contribution >= 4 is 17.3 Å². The largest absolute Gasteiger partial charge is 0.497 e. The van der Waals surface area contributed by atoms with E-state index in [4.69, 9.17) is 9.47 Å². The molecule has 0 unspecified atom stereocenters. The first-order valence-corrected chi connectivity index (χ1v) is 9.93. The number of benzene rings is 2. The molecule has 2 heterocycles. The monoisotopic (exact) mass is 418 g/mol. The Labute approximate surface area is 173 Å². The maximum Gasteiger partial charge on any atom is 0.224 e. The first kappa shape index (κ1) is 20.4. The van der Waals surface area contributed by atoms with Crippen LogP contribution in [0.25, 0.3) is 0 Å². The number of fused-ring (bicyclic) bond motifs is 1. The third-order valence-corrected chi connectivity index (χ3v) is 5.77. The van der Waals surface area contributed by atoms with Crippen molar-refractivity contribution in [2.75, 3.05) is 37.0 Å². The Morgan fingerprint density at radius 2 is 1.90 bits per heavy atom. The molecule has 0 radical (unpaired) electrons. The maximum absolute atomic E-state index is 14.3. The highest BCUT2D eigenvalue weighted by Gasteiger charge is 2.34. The first-order chi connectivity index (χ1) is 14.4. The van der Waals surface area contributed by atoms with Gasteiger partial charge in [-0.25, -0.2) is 8.78 Å². The maximum atomic E-state index is 14.3. The number of halogens is 2. The molecular formula is C22H24F2N2O4. The Morgan fingerprint density at radius 3 is 2.60 bits per heavy atom. The Morgan fingerprint density at radius 1 is 1.13 bits per heavy atom. The van der Waals surface area contributed by atoms with Crippen LogP contribution in [0.4, 0.5) is 20.2 Å². The third-order valence-electron chi connectivity index (χ3n) is 5.77. The van der Waals surface area contributed by atoms with Crippen molar-refractivity contribution in [1.29, 1.82) is 0 Å². The molecule has 4 rings (SSSR count). The zero-order valence-corrected chi connectivity index (χ0v) is 16.7. The number of hydrogen-bond acceptors (Lipinski definition) is 5. The molecule has 1 fully saturated rings. The third kappa shape index (κ3) is 4.05. The number of carbonyl (C=O) groups excluding carboxylic acids is 1. The van der Waals surface area contributed by atoms with Gasteiger partial charge in [-0.15, -0.1) is 0 Å². The van der Waals surface area contributed by atoms with Gasteiger partial charge in [0.25, 0.3) is 0 Å². The highest BCUT2D eigenvalue weighted by atomic mass is 19.1. The second kappa shape index (κ2) is 8.10. The fraction of sp³-hybridized carbons (Fsp3) is 0.409. The van der Waals surface area contributed by atoms with Gasteiger partial charge in [-0.05, 0) is 43.5 Å². The molecule has 6 nitrogen and oxygen atoms in total. The minimum atomic E-state index is -1.07. The van der Waals surface area contributed by atoms with Gasteiger partial charge in [-0.2, -0.15) is 0 Å². The van der Waals surface area contributed by atoms with E-state index in [-0.39, 0.29) is 30.4 Å². The molecule has 2 N–H and O–H groups in total. The SMILES string of the molecule is COc1ccc(N2CCC(O)(COc3ccc(F)c4c3CCC(=O)N4)CC2)c(F)c1. The average molecular weight is 418 g/mol. The van der Waals surface area contributed by atoms with Gasteiger partial charge >= 0.3 is 0 Å². The summed E-state index contributed by atoms with van der Waals surface area (Å²) < 4.78 is 39.2. The Bertz CT molecular complexity index is 958. The van der Waals surface area contributed by atoms with E-state index in [0.29, 0.717) is 55.1 Å². The van der Waals surface area contributed by atoms with E-state index in [9.17, 15) is 18.7 Å². The van der Waals surface area contributed by atoms with Crippen molar-refractivity contribution in [1.82, 2.24) is 0 Å². The molecule has 30 heavy (non-hydrogen) atoms. The van der Waals surface area contributed by atoms with Crippen LogP contribution in [0.1, 0.15) is 24.8 Å². The fourth-order valence-corrected chi connectivity index (χ4v) is 3.95. The summed E-state index contributed by atoms with van der Waals surface area (Å²) in [5.41, 5.74) is 0.164. The number of amides is 1. The molecule has 0 atom stereocenters. The van der Waals surface area contributed by atoms with Gasteiger partial charge in [0.15, 0.2) is 0 Å². The van der Waals surface area contributed by atoms with Crippen LogP contribution in [0, 0.1) is 11.6 Å².